The topological polar surface area (TPSA) is 75.1 Å². The van der Waals surface area contributed by atoms with E-state index in [1.54, 1.807) is 0 Å². The standard InChI is InChI=1S/C11H19N3O2S/c1-4-5-8-10(17-14-13-8)11(16)12-9(6-15)7(2)3/h7,9,15H,4-6H2,1-3H3,(H,12,16)/t9-/m1/s1. The first kappa shape index (κ1) is 14.1. The number of aromatic nitrogens is 2. The van der Waals surface area contributed by atoms with Crippen molar-refractivity contribution in [2.24, 2.45) is 5.92 Å². The van der Waals surface area contributed by atoms with Gasteiger partial charge in [0.25, 0.3) is 5.91 Å². The summed E-state index contributed by atoms with van der Waals surface area (Å²) in [5, 5.41) is 15.9. The molecule has 1 atom stereocenters. The summed E-state index contributed by atoms with van der Waals surface area (Å²) in [7, 11) is 0. The van der Waals surface area contributed by atoms with E-state index in [0.29, 0.717) is 4.88 Å². The van der Waals surface area contributed by atoms with Gasteiger partial charge >= 0.3 is 0 Å². The minimum absolute atomic E-state index is 0.0568. The molecule has 96 valence electrons. The van der Waals surface area contributed by atoms with Crippen molar-refractivity contribution in [3.63, 3.8) is 0 Å². The van der Waals surface area contributed by atoms with E-state index in [4.69, 9.17) is 0 Å². The molecule has 0 aromatic carbocycles. The Balaban J connectivity index is 2.71. The van der Waals surface area contributed by atoms with Crippen LogP contribution in [0.15, 0.2) is 0 Å². The van der Waals surface area contributed by atoms with Crippen LogP contribution in [0.3, 0.4) is 0 Å². The third-order valence-electron chi connectivity index (χ3n) is 2.57. The van der Waals surface area contributed by atoms with Gasteiger partial charge in [-0.2, -0.15) is 0 Å². The van der Waals surface area contributed by atoms with Crippen LogP contribution in [0.25, 0.3) is 0 Å². The molecule has 0 fully saturated rings. The monoisotopic (exact) mass is 257 g/mol. The fourth-order valence-corrected chi connectivity index (χ4v) is 2.05. The molecule has 0 saturated heterocycles. The number of aliphatic hydroxyl groups is 1. The first-order chi connectivity index (χ1) is 8.10. The maximum atomic E-state index is 12.0. The number of aryl methyl sites for hydroxylation is 1. The predicted molar refractivity (Wildman–Crippen MR) is 67.1 cm³/mol. The lowest BCUT2D eigenvalue weighted by Crippen LogP contribution is -2.41. The third-order valence-corrected chi connectivity index (χ3v) is 3.33. The van der Waals surface area contributed by atoms with Crippen LogP contribution in [0.4, 0.5) is 0 Å². The number of hydrogen-bond donors (Lipinski definition) is 2. The van der Waals surface area contributed by atoms with Gasteiger partial charge in [0.1, 0.15) is 4.88 Å². The lowest BCUT2D eigenvalue weighted by molar-refractivity contribution is 0.0900. The van der Waals surface area contributed by atoms with E-state index in [0.717, 1.165) is 30.1 Å². The molecule has 2 N–H and O–H groups in total. The number of carbonyl (C=O) groups is 1. The highest BCUT2D eigenvalue weighted by Crippen LogP contribution is 2.13. The predicted octanol–water partition coefficient (Wildman–Crippen LogP) is 1.24. The third kappa shape index (κ3) is 3.74. The smallest absolute Gasteiger partial charge is 0.265 e. The fourth-order valence-electron chi connectivity index (χ4n) is 1.44. The molecule has 1 rings (SSSR count). The van der Waals surface area contributed by atoms with Crippen molar-refractivity contribution in [3.8, 4) is 0 Å². The average molecular weight is 257 g/mol. The van der Waals surface area contributed by atoms with Gasteiger partial charge in [-0.1, -0.05) is 31.7 Å². The van der Waals surface area contributed by atoms with Gasteiger partial charge in [0, 0.05) is 0 Å². The Morgan fingerprint density at radius 3 is 2.76 bits per heavy atom. The molecule has 0 spiro atoms. The van der Waals surface area contributed by atoms with Crippen LogP contribution in [-0.2, 0) is 6.42 Å². The number of carbonyl (C=O) groups excluding carboxylic acids is 1. The summed E-state index contributed by atoms with van der Waals surface area (Å²) in [6.07, 6.45) is 1.68. The van der Waals surface area contributed by atoms with Crippen molar-refractivity contribution in [2.45, 2.75) is 39.7 Å². The Bertz CT molecular complexity index is 365. The van der Waals surface area contributed by atoms with E-state index in [1.807, 2.05) is 20.8 Å². The van der Waals surface area contributed by atoms with Crippen molar-refractivity contribution in [1.29, 1.82) is 0 Å². The molecular formula is C11H19N3O2S. The molecular weight excluding hydrogens is 238 g/mol. The first-order valence-electron chi connectivity index (χ1n) is 5.83. The molecule has 1 heterocycles. The molecule has 17 heavy (non-hydrogen) atoms. The second-order valence-electron chi connectivity index (χ2n) is 4.31. The number of nitrogens with one attached hydrogen (secondary N) is 1. The van der Waals surface area contributed by atoms with Crippen LogP contribution in [0, 0.1) is 5.92 Å². The molecule has 5 nitrogen and oxygen atoms in total. The Labute approximate surface area is 105 Å². The van der Waals surface area contributed by atoms with Crippen LogP contribution in [0.5, 0.6) is 0 Å². The number of aliphatic hydroxyl groups excluding tert-OH is 1. The van der Waals surface area contributed by atoms with Crippen LogP contribution in [0.2, 0.25) is 0 Å². The normalized spacial score (nSPS) is 12.8. The van der Waals surface area contributed by atoms with Crippen LogP contribution in [-0.4, -0.2) is 33.2 Å². The number of rotatable bonds is 6. The second kappa shape index (κ2) is 6.66. The molecule has 0 radical (unpaired) electrons. The van der Waals surface area contributed by atoms with Crippen molar-refractivity contribution in [1.82, 2.24) is 14.9 Å². The molecule has 6 heteroatoms. The van der Waals surface area contributed by atoms with E-state index in [2.05, 4.69) is 14.9 Å². The highest BCUT2D eigenvalue weighted by Gasteiger charge is 2.20. The van der Waals surface area contributed by atoms with Gasteiger partial charge in [-0.05, 0) is 23.9 Å². The first-order valence-corrected chi connectivity index (χ1v) is 6.60. The van der Waals surface area contributed by atoms with Crippen molar-refractivity contribution >= 4 is 17.4 Å². The summed E-state index contributed by atoms with van der Waals surface area (Å²) < 4.78 is 3.81. The van der Waals surface area contributed by atoms with Gasteiger partial charge in [0.2, 0.25) is 0 Å². The minimum atomic E-state index is -0.223. The summed E-state index contributed by atoms with van der Waals surface area (Å²) in [5.41, 5.74) is 0.746. The van der Waals surface area contributed by atoms with Gasteiger partial charge in [-0.15, -0.1) is 5.10 Å². The van der Waals surface area contributed by atoms with E-state index in [1.165, 1.54) is 0 Å². The fraction of sp³-hybridized carbons (Fsp3) is 0.727. The van der Waals surface area contributed by atoms with Gasteiger partial charge in [0.15, 0.2) is 0 Å². The van der Waals surface area contributed by atoms with E-state index >= 15 is 0 Å². The highest BCUT2D eigenvalue weighted by molar-refractivity contribution is 7.08. The molecule has 0 aliphatic carbocycles. The van der Waals surface area contributed by atoms with E-state index in [-0.39, 0.29) is 24.5 Å². The molecule has 1 amide bonds. The zero-order valence-electron chi connectivity index (χ0n) is 10.4. The Kier molecular flexibility index (Phi) is 5.50. The van der Waals surface area contributed by atoms with Crippen molar-refractivity contribution < 1.29 is 9.90 Å². The summed E-state index contributed by atoms with van der Waals surface area (Å²) in [4.78, 5) is 12.5. The van der Waals surface area contributed by atoms with Gasteiger partial charge < -0.3 is 10.4 Å². The molecule has 1 aromatic heterocycles. The van der Waals surface area contributed by atoms with Crippen LogP contribution >= 0.6 is 11.5 Å². The quantitative estimate of drug-likeness (QED) is 0.804. The largest absolute Gasteiger partial charge is 0.394 e. The maximum Gasteiger partial charge on any atom is 0.265 e. The highest BCUT2D eigenvalue weighted by atomic mass is 32.1. The Hall–Kier alpha value is -1.01. The van der Waals surface area contributed by atoms with Crippen LogP contribution in [0.1, 0.15) is 42.6 Å². The molecule has 0 aliphatic heterocycles. The SMILES string of the molecule is CCCc1nnsc1C(=O)N[C@H](CO)C(C)C. The number of nitrogens with zero attached hydrogens (tertiary/aromatic N) is 2. The Morgan fingerprint density at radius 2 is 2.24 bits per heavy atom. The van der Waals surface area contributed by atoms with Gasteiger partial charge in [-0.25, -0.2) is 0 Å². The Morgan fingerprint density at radius 1 is 1.53 bits per heavy atom. The number of amides is 1. The molecule has 0 unspecified atom stereocenters. The zero-order chi connectivity index (χ0) is 12.8. The van der Waals surface area contributed by atoms with Gasteiger partial charge in [0.05, 0.1) is 18.3 Å². The zero-order valence-corrected chi connectivity index (χ0v) is 11.3. The molecule has 0 bridgehead atoms. The summed E-state index contributed by atoms with van der Waals surface area (Å²) in [5.74, 6) is 0.00987. The van der Waals surface area contributed by atoms with Gasteiger partial charge in [-0.3, -0.25) is 4.79 Å². The van der Waals surface area contributed by atoms with Crippen molar-refractivity contribution in [2.75, 3.05) is 6.61 Å². The summed E-state index contributed by atoms with van der Waals surface area (Å²) in [6.45, 7) is 5.89. The summed E-state index contributed by atoms with van der Waals surface area (Å²) >= 11 is 1.11. The summed E-state index contributed by atoms with van der Waals surface area (Å²) in [6, 6.07) is -0.223. The van der Waals surface area contributed by atoms with Crippen LogP contribution < -0.4 is 5.32 Å². The van der Waals surface area contributed by atoms with Crippen molar-refractivity contribution in [3.05, 3.63) is 10.6 Å². The molecule has 0 saturated carbocycles. The number of hydrogen-bond acceptors (Lipinski definition) is 5. The minimum Gasteiger partial charge on any atom is -0.394 e. The molecule has 0 aliphatic rings. The lowest BCUT2D eigenvalue weighted by Gasteiger charge is -2.19. The van der Waals surface area contributed by atoms with E-state index < -0.39 is 0 Å². The van der Waals surface area contributed by atoms with E-state index in [9.17, 15) is 9.90 Å². The lowest BCUT2D eigenvalue weighted by atomic mass is 10.1. The average Bonchev–Trinajstić information content (AvgIpc) is 2.74. The maximum absolute atomic E-state index is 12.0. The molecule has 1 aromatic rings. The second-order valence-corrected chi connectivity index (χ2v) is 5.06.